The summed E-state index contributed by atoms with van der Waals surface area (Å²) in [6.07, 6.45) is -4.65. The summed E-state index contributed by atoms with van der Waals surface area (Å²) in [7, 11) is -4.54. The molecule has 0 bridgehead atoms. The van der Waals surface area contributed by atoms with E-state index in [1.54, 1.807) is 56.3 Å². The number of hydrogen-bond acceptors (Lipinski definition) is 4. The monoisotopic (exact) mass is 715 g/mol. The first-order chi connectivity index (χ1) is 21.8. The van der Waals surface area contributed by atoms with Gasteiger partial charge in [-0.1, -0.05) is 82.7 Å². The second-order valence-corrected chi connectivity index (χ2v) is 13.7. The van der Waals surface area contributed by atoms with Gasteiger partial charge in [0.15, 0.2) is 0 Å². The van der Waals surface area contributed by atoms with Gasteiger partial charge in [-0.15, -0.1) is 0 Å². The molecule has 0 fully saturated rings. The highest BCUT2D eigenvalue weighted by atomic mass is 79.9. The number of amides is 2. The molecule has 0 aromatic heterocycles. The summed E-state index contributed by atoms with van der Waals surface area (Å²) >= 11 is 3.39. The number of alkyl halides is 3. The lowest BCUT2D eigenvalue weighted by Gasteiger charge is -2.34. The van der Waals surface area contributed by atoms with E-state index in [2.05, 4.69) is 21.2 Å². The maximum atomic E-state index is 14.4. The number of carbonyl (C=O) groups is 2. The molecule has 2 amide bonds. The second-order valence-electron chi connectivity index (χ2n) is 10.9. The molecule has 0 unspecified atom stereocenters. The molecule has 0 aliphatic carbocycles. The molecule has 1 atom stereocenters. The summed E-state index contributed by atoms with van der Waals surface area (Å²) in [6.45, 7) is 2.62. The van der Waals surface area contributed by atoms with E-state index in [1.807, 2.05) is 18.2 Å². The largest absolute Gasteiger partial charge is 0.416 e. The fourth-order valence-electron chi connectivity index (χ4n) is 4.81. The lowest BCUT2D eigenvalue weighted by Crippen LogP contribution is -2.54. The van der Waals surface area contributed by atoms with Crippen LogP contribution in [0.2, 0.25) is 0 Å². The molecule has 0 saturated carbocycles. The molecule has 7 nitrogen and oxygen atoms in total. The first-order valence-electron chi connectivity index (χ1n) is 14.4. The van der Waals surface area contributed by atoms with E-state index in [0.717, 1.165) is 22.2 Å². The molecule has 0 aliphatic heterocycles. The van der Waals surface area contributed by atoms with Crippen LogP contribution in [0.3, 0.4) is 0 Å². The van der Waals surface area contributed by atoms with Gasteiger partial charge in [0.05, 0.1) is 16.1 Å². The number of halogens is 4. The average molecular weight is 717 g/mol. The maximum Gasteiger partial charge on any atom is 0.416 e. The summed E-state index contributed by atoms with van der Waals surface area (Å²) in [5, 5.41) is 2.86. The highest BCUT2D eigenvalue weighted by Gasteiger charge is 2.36. The Kier molecular flexibility index (Phi) is 11.3. The SMILES string of the molecule is CC(C)NC(=O)[C@H](Cc1ccccc1)N(Cc1ccc(Br)cc1)C(=O)CN(c1cccc(C(F)(F)F)c1)S(=O)(=O)c1ccccc1. The van der Waals surface area contributed by atoms with E-state index in [4.69, 9.17) is 0 Å². The summed E-state index contributed by atoms with van der Waals surface area (Å²) < 4.78 is 70.6. The minimum absolute atomic E-state index is 0.0725. The van der Waals surface area contributed by atoms with E-state index in [1.165, 1.54) is 35.2 Å². The Labute approximate surface area is 275 Å². The molecule has 0 radical (unpaired) electrons. The number of nitrogens with zero attached hydrogens (tertiary/aromatic N) is 2. The van der Waals surface area contributed by atoms with Crippen LogP contribution in [0, 0.1) is 0 Å². The van der Waals surface area contributed by atoms with Gasteiger partial charge in [0.2, 0.25) is 11.8 Å². The van der Waals surface area contributed by atoms with Crippen LogP contribution in [0.15, 0.2) is 119 Å². The molecule has 242 valence electrons. The molecule has 12 heteroatoms. The van der Waals surface area contributed by atoms with Crippen molar-refractivity contribution >= 4 is 43.5 Å². The van der Waals surface area contributed by atoms with Gasteiger partial charge in [-0.2, -0.15) is 13.2 Å². The van der Waals surface area contributed by atoms with Gasteiger partial charge in [-0.05, 0) is 67.4 Å². The van der Waals surface area contributed by atoms with Crippen molar-refractivity contribution in [2.24, 2.45) is 0 Å². The average Bonchev–Trinajstić information content (AvgIpc) is 3.02. The zero-order valence-corrected chi connectivity index (χ0v) is 27.5. The third-order valence-corrected chi connectivity index (χ3v) is 9.36. The Morgan fingerprint density at radius 3 is 2.02 bits per heavy atom. The van der Waals surface area contributed by atoms with E-state index in [-0.39, 0.29) is 29.6 Å². The Morgan fingerprint density at radius 2 is 1.43 bits per heavy atom. The van der Waals surface area contributed by atoms with Crippen LogP contribution in [0.4, 0.5) is 18.9 Å². The molecule has 0 aliphatic rings. The first kappa shape index (κ1) is 34.7. The molecule has 4 aromatic carbocycles. The predicted octanol–water partition coefficient (Wildman–Crippen LogP) is 6.83. The molecule has 1 N–H and O–H groups in total. The van der Waals surface area contributed by atoms with Gasteiger partial charge in [0.1, 0.15) is 12.6 Å². The van der Waals surface area contributed by atoms with Gasteiger partial charge in [-0.25, -0.2) is 8.42 Å². The van der Waals surface area contributed by atoms with Crippen LogP contribution in [-0.4, -0.2) is 43.8 Å². The number of rotatable bonds is 12. The summed E-state index contributed by atoms with van der Waals surface area (Å²) in [4.78, 5) is 29.2. The van der Waals surface area contributed by atoms with Crippen LogP contribution in [0.25, 0.3) is 0 Å². The van der Waals surface area contributed by atoms with Crippen molar-refractivity contribution in [1.29, 1.82) is 0 Å². The predicted molar refractivity (Wildman–Crippen MR) is 174 cm³/mol. The molecular formula is C34H33BrF3N3O4S. The Morgan fingerprint density at radius 1 is 0.826 bits per heavy atom. The van der Waals surface area contributed by atoms with Crippen LogP contribution in [0.5, 0.6) is 0 Å². The highest BCUT2D eigenvalue weighted by molar-refractivity contribution is 9.10. The van der Waals surface area contributed by atoms with Crippen molar-refractivity contribution in [3.63, 3.8) is 0 Å². The van der Waals surface area contributed by atoms with Crippen molar-refractivity contribution in [2.75, 3.05) is 10.8 Å². The Hall–Kier alpha value is -4.16. The van der Waals surface area contributed by atoms with Crippen molar-refractivity contribution in [2.45, 2.75) is 50.0 Å². The van der Waals surface area contributed by atoms with Gasteiger partial charge < -0.3 is 10.2 Å². The smallest absolute Gasteiger partial charge is 0.352 e. The third kappa shape index (κ3) is 8.97. The molecule has 4 aromatic rings. The fraction of sp³-hybridized carbons (Fsp3) is 0.235. The van der Waals surface area contributed by atoms with Crippen LogP contribution >= 0.6 is 15.9 Å². The van der Waals surface area contributed by atoms with Crippen LogP contribution in [0.1, 0.15) is 30.5 Å². The maximum absolute atomic E-state index is 14.4. The van der Waals surface area contributed by atoms with E-state index in [9.17, 15) is 31.2 Å². The van der Waals surface area contributed by atoms with Crippen LogP contribution in [-0.2, 0) is 38.8 Å². The molecule has 4 rings (SSSR count). The van der Waals surface area contributed by atoms with Crippen molar-refractivity contribution < 1.29 is 31.2 Å². The normalized spacial score (nSPS) is 12.4. The lowest BCUT2D eigenvalue weighted by atomic mass is 10.0. The first-order valence-corrected chi connectivity index (χ1v) is 16.6. The Bertz CT molecular complexity index is 1740. The van der Waals surface area contributed by atoms with E-state index < -0.39 is 46.2 Å². The number of carbonyl (C=O) groups excluding carboxylic acids is 2. The third-order valence-electron chi connectivity index (χ3n) is 7.04. The van der Waals surface area contributed by atoms with Gasteiger partial charge in [0, 0.05) is 23.5 Å². The summed E-state index contributed by atoms with van der Waals surface area (Å²) in [5.74, 6) is -1.24. The standard InChI is InChI=1S/C34H33BrF3N3O4S/c1-24(2)39-33(43)31(20-25-10-5-3-6-11-25)40(22-26-16-18-28(35)19-17-26)32(42)23-41(46(44,45)30-14-7-4-8-15-30)29-13-9-12-27(21-29)34(36,37)38/h3-19,21,24,31H,20,22-23H2,1-2H3,(H,39,43)/t31-/m0/s1. The molecule has 46 heavy (non-hydrogen) atoms. The van der Waals surface area contributed by atoms with E-state index >= 15 is 0 Å². The zero-order chi connectivity index (χ0) is 33.5. The Balaban J connectivity index is 1.83. The van der Waals surface area contributed by atoms with Crippen molar-refractivity contribution in [3.8, 4) is 0 Å². The second kappa shape index (κ2) is 15.0. The minimum Gasteiger partial charge on any atom is -0.352 e. The number of anilines is 1. The van der Waals surface area contributed by atoms with Gasteiger partial charge in [-0.3, -0.25) is 13.9 Å². The van der Waals surface area contributed by atoms with Crippen LogP contribution < -0.4 is 9.62 Å². The van der Waals surface area contributed by atoms with Crippen molar-refractivity contribution in [3.05, 3.63) is 130 Å². The number of benzene rings is 4. The summed E-state index contributed by atoms with van der Waals surface area (Å²) in [5.41, 5.74) is -0.00676. The van der Waals surface area contributed by atoms with Crippen molar-refractivity contribution in [1.82, 2.24) is 10.2 Å². The fourth-order valence-corrected chi connectivity index (χ4v) is 6.50. The number of nitrogens with one attached hydrogen (secondary N) is 1. The van der Waals surface area contributed by atoms with E-state index in [0.29, 0.717) is 15.9 Å². The summed E-state index contributed by atoms with van der Waals surface area (Å²) in [6, 6.07) is 25.7. The van der Waals surface area contributed by atoms with Gasteiger partial charge >= 0.3 is 6.18 Å². The number of hydrogen-bond donors (Lipinski definition) is 1. The molecule has 0 saturated heterocycles. The quantitative estimate of drug-likeness (QED) is 0.174. The molecule has 0 heterocycles. The van der Waals surface area contributed by atoms with Gasteiger partial charge in [0.25, 0.3) is 10.0 Å². The lowest BCUT2D eigenvalue weighted by molar-refractivity contribution is -0.140. The molecule has 0 spiro atoms. The minimum atomic E-state index is -4.76. The molecular weight excluding hydrogens is 683 g/mol. The number of sulfonamides is 1. The highest BCUT2D eigenvalue weighted by Crippen LogP contribution is 2.33. The zero-order valence-electron chi connectivity index (χ0n) is 25.1. The topological polar surface area (TPSA) is 86.8 Å².